The number of fused-ring (bicyclic) bond motifs is 1. The second-order valence-electron chi connectivity index (χ2n) is 7.90. The summed E-state index contributed by atoms with van der Waals surface area (Å²) in [6, 6.07) is 15.6. The van der Waals surface area contributed by atoms with Crippen LogP contribution in [0.15, 0.2) is 72.4 Å². The fraction of sp³-hybridized carbons (Fsp3) is 0.160. The third-order valence-electron chi connectivity index (χ3n) is 5.72. The lowest BCUT2D eigenvalue weighted by atomic mass is 9.94. The molecule has 160 valence electrons. The first kappa shape index (κ1) is 19.8. The number of aromatic nitrogens is 1. The van der Waals surface area contributed by atoms with Crippen molar-refractivity contribution in [3.8, 4) is 11.5 Å². The molecule has 1 fully saturated rings. The Bertz CT molecular complexity index is 1250. The molecule has 2 unspecified atom stereocenters. The van der Waals surface area contributed by atoms with E-state index >= 15 is 0 Å². The molecule has 2 aliphatic heterocycles. The van der Waals surface area contributed by atoms with Crippen LogP contribution in [0.25, 0.3) is 5.76 Å². The number of phenols is 1. The zero-order valence-corrected chi connectivity index (χ0v) is 17.2. The standard InChI is InChI=1S/C25H20N2O5/c1-14-12-17-13-16(7-10-19(17)32-14)23(29)21-22(15-5-8-18(28)9-6-15)27(25(31)24(21)30)20-4-2-3-11-26-20/h2-11,13-14,22,28-29H,12H2,1H3/b23-21+. The number of hydrogen-bond donors (Lipinski definition) is 2. The van der Waals surface area contributed by atoms with Crippen molar-refractivity contribution < 1.29 is 24.5 Å². The fourth-order valence-electron chi connectivity index (χ4n) is 4.26. The number of carbonyl (C=O) groups excluding carboxylic acids is 2. The highest BCUT2D eigenvalue weighted by atomic mass is 16.5. The quantitative estimate of drug-likeness (QED) is 0.375. The first-order chi connectivity index (χ1) is 15.4. The first-order valence-corrected chi connectivity index (χ1v) is 10.2. The maximum atomic E-state index is 13.1. The second-order valence-corrected chi connectivity index (χ2v) is 7.90. The van der Waals surface area contributed by atoms with Crippen molar-refractivity contribution in [1.29, 1.82) is 0 Å². The number of aliphatic hydroxyl groups is 1. The number of ether oxygens (including phenoxy) is 1. The predicted molar refractivity (Wildman–Crippen MR) is 117 cm³/mol. The van der Waals surface area contributed by atoms with Crippen molar-refractivity contribution in [3.05, 3.63) is 89.1 Å². The molecule has 7 nitrogen and oxygen atoms in total. The number of aromatic hydroxyl groups is 1. The number of pyridine rings is 1. The lowest BCUT2D eigenvalue weighted by molar-refractivity contribution is -0.132. The minimum Gasteiger partial charge on any atom is -0.508 e. The molecule has 2 aliphatic rings. The molecule has 2 N–H and O–H groups in total. The van der Waals surface area contributed by atoms with Crippen LogP contribution in [0.5, 0.6) is 11.5 Å². The van der Waals surface area contributed by atoms with Crippen LogP contribution in [0.4, 0.5) is 5.82 Å². The Kier molecular flexibility index (Phi) is 4.66. The van der Waals surface area contributed by atoms with Gasteiger partial charge in [0.2, 0.25) is 0 Å². The summed E-state index contributed by atoms with van der Waals surface area (Å²) in [5, 5.41) is 20.9. The van der Waals surface area contributed by atoms with E-state index in [-0.39, 0.29) is 23.2 Å². The largest absolute Gasteiger partial charge is 0.508 e. The van der Waals surface area contributed by atoms with Gasteiger partial charge in [-0.25, -0.2) is 4.98 Å². The van der Waals surface area contributed by atoms with Gasteiger partial charge in [0, 0.05) is 18.2 Å². The lowest BCUT2D eigenvalue weighted by Crippen LogP contribution is -2.30. The molecule has 5 rings (SSSR count). The highest BCUT2D eigenvalue weighted by Crippen LogP contribution is 2.42. The number of nitrogens with zero attached hydrogens (tertiary/aromatic N) is 2. The molecule has 0 radical (unpaired) electrons. The zero-order valence-electron chi connectivity index (χ0n) is 17.2. The Hall–Kier alpha value is -4.13. The van der Waals surface area contributed by atoms with Crippen LogP contribution in [0, 0.1) is 0 Å². The molecule has 1 amide bonds. The molecule has 0 saturated carbocycles. The number of hydrogen-bond acceptors (Lipinski definition) is 6. The number of amides is 1. The molecule has 0 bridgehead atoms. The number of benzene rings is 2. The number of anilines is 1. The van der Waals surface area contributed by atoms with Gasteiger partial charge in [0.15, 0.2) is 0 Å². The zero-order chi connectivity index (χ0) is 22.4. The molecule has 2 atom stereocenters. The smallest absolute Gasteiger partial charge is 0.301 e. The highest BCUT2D eigenvalue weighted by Gasteiger charge is 2.47. The molecular weight excluding hydrogens is 408 g/mol. The van der Waals surface area contributed by atoms with Crippen LogP contribution < -0.4 is 9.64 Å². The van der Waals surface area contributed by atoms with Crippen LogP contribution in [-0.4, -0.2) is 33.0 Å². The van der Waals surface area contributed by atoms with Crippen molar-refractivity contribution in [3.63, 3.8) is 0 Å². The molecular formula is C25H20N2O5. The van der Waals surface area contributed by atoms with Crippen LogP contribution >= 0.6 is 0 Å². The topological polar surface area (TPSA) is 100.0 Å². The van der Waals surface area contributed by atoms with Crippen molar-refractivity contribution in [2.75, 3.05) is 4.90 Å². The van der Waals surface area contributed by atoms with Crippen molar-refractivity contribution in [1.82, 2.24) is 4.98 Å². The minimum absolute atomic E-state index is 0.0294. The maximum Gasteiger partial charge on any atom is 0.301 e. The van der Waals surface area contributed by atoms with Crippen molar-refractivity contribution >= 4 is 23.3 Å². The van der Waals surface area contributed by atoms with Crippen molar-refractivity contribution in [2.45, 2.75) is 25.5 Å². The number of rotatable bonds is 3. The van der Waals surface area contributed by atoms with E-state index < -0.39 is 17.7 Å². The Labute approximate surface area is 184 Å². The van der Waals surface area contributed by atoms with Gasteiger partial charge >= 0.3 is 5.91 Å². The van der Waals surface area contributed by atoms with Crippen LogP contribution in [-0.2, 0) is 16.0 Å². The second kappa shape index (κ2) is 7.53. The Morgan fingerprint density at radius 2 is 1.88 bits per heavy atom. The SMILES string of the molecule is CC1Cc2cc(/C(O)=C3\C(=O)C(=O)N(c4ccccn4)C3c3ccc(O)cc3)ccc2O1. The average molecular weight is 428 g/mol. The number of aliphatic hydroxyl groups excluding tert-OH is 1. The van der Waals surface area contributed by atoms with Gasteiger partial charge in [-0.1, -0.05) is 18.2 Å². The number of carbonyl (C=O) groups is 2. The average Bonchev–Trinajstić information content (AvgIpc) is 3.30. The van der Waals surface area contributed by atoms with Gasteiger partial charge < -0.3 is 14.9 Å². The van der Waals surface area contributed by atoms with Gasteiger partial charge in [-0.05, 0) is 60.5 Å². The van der Waals surface area contributed by atoms with Gasteiger partial charge in [-0.2, -0.15) is 0 Å². The van der Waals surface area contributed by atoms with Crippen molar-refractivity contribution in [2.24, 2.45) is 0 Å². The van der Waals surface area contributed by atoms with Gasteiger partial charge in [-0.15, -0.1) is 0 Å². The highest BCUT2D eigenvalue weighted by molar-refractivity contribution is 6.51. The molecule has 3 aromatic rings. The third-order valence-corrected chi connectivity index (χ3v) is 5.72. The molecule has 7 heteroatoms. The summed E-state index contributed by atoms with van der Waals surface area (Å²) >= 11 is 0. The molecule has 2 aromatic carbocycles. The van der Waals surface area contributed by atoms with Crippen LogP contribution in [0.1, 0.15) is 29.7 Å². The van der Waals surface area contributed by atoms with E-state index in [1.807, 2.05) is 6.92 Å². The van der Waals surface area contributed by atoms with E-state index in [4.69, 9.17) is 4.74 Å². The van der Waals surface area contributed by atoms with Crippen LogP contribution in [0.2, 0.25) is 0 Å². The third kappa shape index (κ3) is 3.19. The Morgan fingerprint density at radius 3 is 2.59 bits per heavy atom. The summed E-state index contributed by atoms with van der Waals surface area (Å²) in [4.78, 5) is 31.7. The number of Topliss-reactive ketones (excluding diaryl/α,β-unsaturated/α-hetero) is 1. The lowest BCUT2D eigenvalue weighted by Gasteiger charge is -2.24. The normalized spacial score (nSPS) is 21.5. The number of ketones is 1. The first-order valence-electron chi connectivity index (χ1n) is 10.2. The maximum absolute atomic E-state index is 13.1. The molecule has 32 heavy (non-hydrogen) atoms. The van der Waals surface area contributed by atoms with Gasteiger partial charge in [-0.3, -0.25) is 14.5 Å². The summed E-state index contributed by atoms with van der Waals surface area (Å²) in [5.74, 6) is -0.739. The summed E-state index contributed by atoms with van der Waals surface area (Å²) in [6.07, 6.45) is 2.26. The summed E-state index contributed by atoms with van der Waals surface area (Å²) in [5.41, 5.74) is 1.90. The molecule has 0 spiro atoms. The van der Waals surface area contributed by atoms with E-state index in [0.717, 1.165) is 11.3 Å². The summed E-state index contributed by atoms with van der Waals surface area (Å²) < 4.78 is 5.72. The van der Waals surface area contributed by atoms with Gasteiger partial charge in [0.1, 0.15) is 29.2 Å². The van der Waals surface area contributed by atoms with E-state index in [1.54, 1.807) is 48.5 Å². The van der Waals surface area contributed by atoms with E-state index in [1.165, 1.54) is 23.2 Å². The molecule has 0 aliphatic carbocycles. The molecule has 3 heterocycles. The summed E-state index contributed by atoms with van der Waals surface area (Å²) in [7, 11) is 0. The predicted octanol–water partition coefficient (Wildman–Crippen LogP) is 3.74. The van der Waals surface area contributed by atoms with Gasteiger partial charge in [0.25, 0.3) is 5.78 Å². The van der Waals surface area contributed by atoms with Gasteiger partial charge in [0.05, 0.1) is 11.6 Å². The Balaban J connectivity index is 1.69. The summed E-state index contributed by atoms with van der Waals surface area (Å²) in [6.45, 7) is 1.96. The fourth-order valence-corrected chi connectivity index (χ4v) is 4.26. The van der Waals surface area contributed by atoms with E-state index in [2.05, 4.69) is 4.98 Å². The Morgan fingerprint density at radius 1 is 1.09 bits per heavy atom. The monoisotopic (exact) mass is 428 g/mol. The number of phenolic OH excluding ortho intramolecular Hbond substituents is 1. The minimum atomic E-state index is -0.895. The molecule has 1 saturated heterocycles. The molecule has 1 aromatic heterocycles. The van der Waals surface area contributed by atoms with Crippen LogP contribution in [0.3, 0.4) is 0 Å². The van der Waals surface area contributed by atoms with E-state index in [9.17, 15) is 19.8 Å². The van der Waals surface area contributed by atoms with E-state index in [0.29, 0.717) is 23.4 Å².